The number of aromatic nitrogens is 1. The van der Waals surface area contributed by atoms with Gasteiger partial charge in [0.2, 0.25) is 5.91 Å². The molecular weight excluding hydrogens is 258 g/mol. The molecule has 1 aliphatic heterocycles. The number of aromatic hydroxyl groups is 1. The van der Waals surface area contributed by atoms with Gasteiger partial charge in [0.05, 0.1) is 11.8 Å². The van der Waals surface area contributed by atoms with Crippen LogP contribution in [0.3, 0.4) is 0 Å². The first-order valence-corrected chi connectivity index (χ1v) is 6.72. The highest BCUT2D eigenvalue weighted by molar-refractivity contribution is 6.00. The number of amides is 2. The minimum absolute atomic E-state index is 0.133. The van der Waals surface area contributed by atoms with Gasteiger partial charge in [-0.15, -0.1) is 0 Å². The summed E-state index contributed by atoms with van der Waals surface area (Å²) >= 11 is 0. The van der Waals surface area contributed by atoms with E-state index in [9.17, 15) is 14.7 Å². The average molecular weight is 277 g/mol. The molecule has 20 heavy (non-hydrogen) atoms. The number of nitrogens with zero attached hydrogens (tertiary/aromatic N) is 2. The van der Waals surface area contributed by atoms with Crippen molar-refractivity contribution in [1.82, 2.24) is 15.2 Å². The summed E-state index contributed by atoms with van der Waals surface area (Å²) in [6, 6.07) is 0.986. The summed E-state index contributed by atoms with van der Waals surface area (Å²) in [6.07, 6.45) is 3.28. The fourth-order valence-corrected chi connectivity index (χ4v) is 2.36. The molecule has 0 unspecified atom stereocenters. The first-order chi connectivity index (χ1) is 9.50. The smallest absolute Gasteiger partial charge is 0.258 e. The molecule has 6 heteroatoms. The Hall–Kier alpha value is -2.11. The van der Waals surface area contributed by atoms with Gasteiger partial charge in [-0.1, -0.05) is 13.8 Å². The molecule has 2 rings (SSSR count). The number of hydrogen-bond donors (Lipinski definition) is 2. The fourth-order valence-electron chi connectivity index (χ4n) is 2.36. The van der Waals surface area contributed by atoms with Gasteiger partial charge in [-0.2, -0.15) is 0 Å². The summed E-state index contributed by atoms with van der Waals surface area (Å²) in [5.74, 6) is -0.325. The second kappa shape index (κ2) is 5.90. The lowest BCUT2D eigenvalue weighted by atomic mass is 9.99. The summed E-state index contributed by atoms with van der Waals surface area (Å²) in [6.45, 7) is 4.90. The average Bonchev–Trinajstić information content (AvgIpc) is 2.40. The highest BCUT2D eigenvalue weighted by Crippen LogP contribution is 2.21. The molecule has 0 aromatic carbocycles. The van der Waals surface area contributed by atoms with Crippen LogP contribution in [0.4, 0.5) is 0 Å². The van der Waals surface area contributed by atoms with E-state index in [1.54, 1.807) is 0 Å². The summed E-state index contributed by atoms with van der Waals surface area (Å²) < 4.78 is 0. The van der Waals surface area contributed by atoms with Crippen molar-refractivity contribution in [3.05, 3.63) is 24.0 Å². The normalized spacial score (nSPS) is 19.1. The van der Waals surface area contributed by atoms with Crippen molar-refractivity contribution in [2.75, 3.05) is 13.1 Å². The van der Waals surface area contributed by atoms with Gasteiger partial charge in [0.25, 0.3) is 5.91 Å². The molecule has 2 N–H and O–H groups in total. The summed E-state index contributed by atoms with van der Waals surface area (Å²) in [4.78, 5) is 29.8. The Balaban J connectivity index is 2.26. The maximum atomic E-state index is 12.5. The van der Waals surface area contributed by atoms with Gasteiger partial charge < -0.3 is 15.3 Å². The number of pyridine rings is 1. The standard InChI is InChI=1S/C14H19N3O3/c1-9(2)7-11-13(19)16-5-6-17(11)14(20)10-3-4-15-8-12(10)18/h3-4,8-9,11,18H,5-7H2,1-2H3,(H,16,19)/t11-/m0/s1. The van der Waals surface area contributed by atoms with Gasteiger partial charge in [0.1, 0.15) is 11.8 Å². The monoisotopic (exact) mass is 277 g/mol. The molecule has 0 radical (unpaired) electrons. The number of piperazine rings is 1. The van der Waals surface area contributed by atoms with Gasteiger partial charge >= 0.3 is 0 Å². The molecule has 1 aromatic rings. The molecule has 0 bridgehead atoms. The first kappa shape index (κ1) is 14.3. The molecular formula is C14H19N3O3. The van der Waals surface area contributed by atoms with E-state index >= 15 is 0 Å². The number of carbonyl (C=O) groups excluding carboxylic acids is 2. The Morgan fingerprint density at radius 1 is 1.60 bits per heavy atom. The zero-order valence-corrected chi connectivity index (χ0v) is 11.7. The third-order valence-corrected chi connectivity index (χ3v) is 3.32. The van der Waals surface area contributed by atoms with Crippen LogP contribution in [0.1, 0.15) is 30.6 Å². The number of carbonyl (C=O) groups is 2. The van der Waals surface area contributed by atoms with Crippen LogP contribution < -0.4 is 5.32 Å². The van der Waals surface area contributed by atoms with E-state index < -0.39 is 6.04 Å². The molecule has 1 saturated heterocycles. The third-order valence-electron chi connectivity index (χ3n) is 3.32. The Labute approximate surface area is 117 Å². The Bertz CT molecular complexity index is 516. The number of hydrogen-bond acceptors (Lipinski definition) is 4. The van der Waals surface area contributed by atoms with Crippen LogP contribution in [0.2, 0.25) is 0 Å². The van der Waals surface area contributed by atoms with Gasteiger partial charge in [0, 0.05) is 19.3 Å². The predicted octanol–water partition coefficient (Wildman–Crippen LogP) is 0.774. The van der Waals surface area contributed by atoms with Crippen LogP contribution in [-0.2, 0) is 4.79 Å². The number of nitrogens with one attached hydrogen (secondary N) is 1. The summed E-state index contributed by atoms with van der Waals surface area (Å²) in [5, 5.41) is 12.5. The summed E-state index contributed by atoms with van der Waals surface area (Å²) in [5.41, 5.74) is 0.184. The first-order valence-electron chi connectivity index (χ1n) is 6.72. The van der Waals surface area contributed by atoms with Crippen molar-refractivity contribution in [2.45, 2.75) is 26.3 Å². The summed E-state index contributed by atoms with van der Waals surface area (Å²) in [7, 11) is 0. The van der Waals surface area contributed by atoms with Crippen molar-refractivity contribution in [3.8, 4) is 5.75 Å². The Morgan fingerprint density at radius 3 is 3.00 bits per heavy atom. The van der Waals surface area contributed by atoms with Gasteiger partial charge in [-0.25, -0.2) is 0 Å². The Morgan fingerprint density at radius 2 is 2.35 bits per heavy atom. The molecule has 2 heterocycles. The lowest BCUT2D eigenvalue weighted by Gasteiger charge is -2.36. The van der Waals surface area contributed by atoms with Crippen molar-refractivity contribution in [1.29, 1.82) is 0 Å². The molecule has 1 aliphatic rings. The second-order valence-corrected chi connectivity index (χ2v) is 5.33. The van der Waals surface area contributed by atoms with Gasteiger partial charge in [0.15, 0.2) is 0 Å². The molecule has 1 atom stereocenters. The molecule has 6 nitrogen and oxygen atoms in total. The highest BCUT2D eigenvalue weighted by atomic mass is 16.3. The van der Waals surface area contributed by atoms with Gasteiger partial charge in [-0.3, -0.25) is 14.6 Å². The van der Waals surface area contributed by atoms with E-state index in [1.165, 1.54) is 23.4 Å². The quantitative estimate of drug-likeness (QED) is 0.855. The van der Waals surface area contributed by atoms with E-state index in [1.807, 2.05) is 13.8 Å². The van der Waals surface area contributed by atoms with Crippen LogP contribution >= 0.6 is 0 Å². The lowest BCUT2D eigenvalue weighted by molar-refractivity contribution is -0.128. The van der Waals surface area contributed by atoms with Crippen LogP contribution in [0.15, 0.2) is 18.5 Å². The molecule has 0 aliphatic carbocycles. The Kier molecular flexibility index (Phi) is 4.22. The largest absolute Gasteiger partial charge is 0.505 e. The maximum Gasteiger partial charge on any atom is 0.258 e. The molecule has 1 aromatic heterocycles. The fraction of sp³-hybridized carbons (Fsp3) is 0.500. The van der Waals surface area contributed by atoms with Gasteiger partial charge in [-0.05, 0) is 18.4 Å². The van der Waals surface area contributed by atoms with Crippen LogP contribution in [0, 0.1) is 5.92 Å². The predicted molar refractivity (Wildman–Crippen MR) is 73.2 cm³/mol. The lowest BCUT2D eigenvalue weighted by Crippen LogP contribution is -2.57. The van der Waals surface area contributed by atoms with Crippen LogP contribution in [0.25, 0.3) is 0 Å². The highest BCUT2D eigenvalue weighted by Gasteiger charge is 2.34. The maximum absolute atomic E-state index is 12.5. The topological polar surface area (TPSA) is 82.5 Å². The van der Waals surface area contributed by atoms with E-state index in [0.717, 1.165) is 0 Å². The molecule has 0 saturated carbocycles. The van der Waals surface area contributed by atoms with Crippen LogP contribution in [0.5, 0.6) is 5.75 Å². The van der Waals surface area contributed by atoms with Crippen molar-refractivity contribution >= 4 is 11.8 Å². The zero-order valence-electron chi connectivity index (χ0n) is 11.7. The van der Waals surface area contributed by atoms with Crippen molar-refractivity contribution < 1.29 is 14.7 Å². The second-order valence-electron chi connectivity index (χ2n) is 5.33. The molecule has 1 fully saturated rings. The van der Waals surface area contributed by atoms with E-state index in [-0.39, 0.29) is 23.1 Å². The van der Waals surface area contributed by atoms with E-state index in [0.29, 0.717) is 25.4 Å². The number of rotatable bonds is 3. The van der Waals surface area contributed by atoms with Crippen LogP contribution in [-0.4, -0.2) is 45.9 Å². The minimum atomic E-state index is -0.483. The van der Waals surface area contributed by atoms with E-state index in [4.69, 9.17) is 0 Å². The third kappa shape index (κ3) is 2.89. The molecule has 108 valence electrons. The van der Waals surface area contributed by atoms with Crippen molar-refractivity contribution in [3.63, 3.8) is 0 Å². The molecule has 2 amide bonds. The van der Waals surface area contributed by atoms with Crippen molar-refractivity contribution in [2.24, 2.45) is 5.92 Å². The van der Waals surface area contributed by atoms with E-state index in [2.05, 4.69) is 10.3 Å². The minimum Gasteiger partial charge on any atom is -0.505 e. The zero-order chi connectivity index (χ0) is 14.7. The SMILES string of the molecule is CC(C)C[C@H]1C(=O)NCCN1C(=O)c1ccncc1O. The molecule has 0 spiro atoms.